The molecule has 0 bridgehead atoms. The van der Waals surface area contributed by atoms with Gasteiger partial charge in [-0.25, -0.2) is 4.98 Å². The summed E-state index contributed by atoms with van der Waals surface area (Å²) < 4.78 is 2.11. The Morgan fingerprint density at radius 1 is 1.32 bits per heavy atom. The highest BCUT2D eigenvalue weighted by Gasteiger charge is 2.24. The van der Waals surface area contributed by atoms with Crippen molar-refractivity contribution in [2.45, 2.75) is 38.8 Å². The first-order valence-corrected chi connectivity index (χ1v) is 7.23. The molecule has 1 fully saturated rings. The molecule has 3 heterocycles. The van der Waals surface area contributed by atoms with E-state index in [9.17, 15) is 0 Å². The van der Waals surface area contributed by atoms with Crippen LogP contribution in [0.25, 0.3) is 5.65 Å². The Hall–Kier alpha value is -1.39. The van der Waals surface area contributed by atoms with Gasteiger partial charge < -0.3 is 10.1 Å². The second-order valence-electron chi connectivity index (χ2n) is 5.31. The molecule has 0 aliphatic carbocycles. The van der Waals surface area contributed by atoms with Gasteiger partial charge in [0, 0.05) is 18.9 Å². The van der Waals surface area contributed by atoms with Crippen LogP contribution in [0.3, 0.4) is 0 Å². The Labute approximate surface area is 114 Å². The Morgan fingerprint density at radius 3 is 3.00 bits per heavy atom. The number of imidazole rings is 1. The molecule has 1 atom stereocenters. The molecule has 19 heavy (non-hydrogen) atoms. The Bertz CT molecular complexity index is 560. The van der Waals surface area contributed by atoms with Crippen LogP contribution >= 0.6 is 0 Å². The number of pyridine rings is 1. The van der Waals surface area contributed by atoms with Gasteiger partial charge in [-0.1, -0.05) is 19.4 Å². The van der Waals surface area contributed by atoms with Crippen LogP contribution in [0.5, 0.6) is 0 Å². The Balaban J connectivity index is 1.95. The lowest BCUT2D eigenvalue weighted by atomic mass is 10.00. The van der Waals surface area contributed by atoms with E-state index in [4.69, 9.17) is 10.7 Å². The van der Waals surface area contributed by atoms with Gasteiger partial charge in [0.15, 0.2) is 0 Å². The highest BCUT2D eigenvalue weighted by molar-refractivity contribution is 5.42. The molecule has 2 aromatic heterocycles. The van der Waals surface area contributed by atoms with Crippen LogP contribution in [-0.2, 0) is 6.54 Å². The molecular formula is C15H22N4. The maximum absolute atomic E-state index is 5.69. The van der Waals surface area contributed by atoms with E-state index < -0.39 is 0 Å². The van der Waals surface area contributed by atoms with Crippen LogP contribution in [0.4, 0.5) is 0 Å². The highest BCUT2D eigenvalue weighted by atomic mass is 15.2. The van der Waals surface area contributed by atoms with Crippen molar-refractivity contribution in [1.29, 1.82) is 0 Å². The molecule has 2 aromatic rings. The molecule has 102 valence electrons. The zero-order valence-corrected chi connectivity index (χ0v) is 11.5. The SMILES string of the molecule is CCN1CCCCC1c1cn2cc(CN)ccc2n1. The van der Waals surface area contributed by atoms with Crippen molar-refractivity contribution in [2.24, 2.45) is 5.73 Å². The van der Waals surface area contributed by atoms with Gasteiger partial charge in [-0.3, -0.25) is 4.90 Å². The molecule has 1 aliphatic heterocycles. The van der Waals surface area contributed by atoms with Crippen LogP contribution in [0.2, 0.25) is 0 Å². The first kappa shape index (κ1) is 12.6. The lowest BCUT2D eigenvalue weighted by molar-refractivity contribution is 0.154. The van der Waals surface area contributed by atoms with E-state index in [1.54, 1.807) is 0 Å². The molecule has 3 rings (SSSR count). The average Bonchev–Trinajstić information content (AvgIpc) is 2.89. The molecule has 1 unspecified atom stereocenters. The summed E-state index contributed by atoms with van der Waals surface area (Å²) in [5.74, 6) is 0. The number of piperidine rings is 1. The quantitative estimate of drug-likeness (QED) is 0.919. The van der Waals surface area contributed by atoms with Gasteiger partial charge in [-0.15, -0.1) is 0 Å². The predicted octanol–water partition coefficient (Wildman–Crippen LogP) is 2.34. The largest absolute Gasteiger partial charge is 0.326 e. The highest BCUT2D eigenvalue weighted by Crippen LogP contribution is 2.30. The minimum Gasteiger partial charge on any atom is -0.326 e. The number of nitrogens with two attached hydrogens (primary N) is 1. The average molecular weight is 258 g/mol. The Kier molecular flexibility index (Phi) is 3.53. The summed E-state index contributed by atoms with van der Waals surface area (Å²) in [5, 5.41) is 0. The van der Waals surface area contributed by atoms with E-state index in [0.29, 0.717) is 12.6 Å². The van der Waals surface area contributed by atoms with Crippen molar-refractivity contribution in [3.63, 3.8) is 0 Å². The second-order valence-corrected chi connectivity index (χ2v) is 5.31. The monoisotopic (exact) mass is 258 g/mol. The van der Waals surface area contributed by atoms with Gasteiger partial charge in [0.1, 0.15) is 5.65 Å². The summed E-state index contributed by atoms with van der Waals surface area (Å²) in [6, 6.07) is 4.61. The van der Waals surface area contributed by atoms with E-state index in [-0.39, 0.29) is 0 Å². The smallest absolute Gasteiger partial charge is 0.137 e. The molecule has 0 spiro atoms. The number of likely N-dealkylation sites (tertiary alicyclic amines) is 1. The van der Waals surface area contributed by atoms with E-state index in [1.165, 1.54) is 31.5 Å². The summed E-state index contributed by atoms with van der Waals surface area (Å²) in [6.45, 7) is 5.12. The van der Waals surface area contributed by atoms with Crippen LogP contribution in [0.1, 0.15) is 43.5 Å². The van der Waals surface area contributed by atoms with E-state index in [2.05, 4.69) is 40.8 Å². The van der Waals surface area contributed by atoms with E-state index >= 15 is 0 Å². The lowest BCUT2D eigenvalue weighted by Crippen LogP contribution is -2.33. The third kappa shape index (κ3) is 2.38. The van der Waals surface area contributed by atoms with Crippen molar-refractivity contribution in [1.82, 2.24) is 14.3 Å². The molecule has 1 saturated heterocycles. The maximum Gasteiger partial charge on any atom is 0.137 e. The fourth-order valence-electron chi connectivity index (χ4n) is 3.04. The van der Waals surface area contributed by atoms with Gasteiger partial charge in [-0.2, -0.15) is 0 Å². The van der Waals surface area contributed by atoms with Crippen LogP contribution in [-0.4, -0.2) is 27.4 Å². The predicted molar refractivity (Wildman–Crippen MR) is 76.9 cm³/mol. The van der Waals surface area contributed by atoms with Gasteiger partial charge in [0.25, 0.3) is 0 Å². The van der Waals surface area contributed by atoms with Crippen molar-refractivity contribution in [3.05, 3.63) is 35.8 Å². The number of hydrogen-bond donors (Lipinski definition) is 1. The van der Waals surface area contributed by atoms with Crippen molar-refractivity contribution in [3.8, 4) is 0 Å². The standard InChI is InChI=1S/C15H22N4/c1-2-18-8-4-3-5-14(18)13-11-19-10-12(9-16)6-7-15(19)17-13/h6-7,10-11,14H,2-5,8-9,16H2,1H3. The molecule has 4 nitrogen and oxygen atoms in total. The molecule has 2 N–H and O–H groups in total. The van der Waals surface area contributed by atoms with E-state index in [1.807, 2.05) is 0 Å². The summed E-state index contributed by atoms with van der Waals surface area (Å²) >= 11 is 0. The summed E-state index contributed by atoms with van der Waals surface area (Å²) in [7, 11) is 0. The van der Waals surface area contributed by atoms with Gasteiger partial charge in [0.2, 0.25) is 0 Å². The van der Waals surface area contributed by atoms with Crippen molar-refractivity contribution in [2.75, 3.05) is 13.1 Å². The van der Waals surface area contributed by atoms with Gasteiger partial charge in [-0.05, 0) is 37.6 Å². The molecule has 1 aliphatic rings. The molecular weight excluding hydrogens is 236 g/mol. The topological polar surface area (TPSA) is 46.6 Å². The Morgan fingerprint density at radius 2 is 2.21 bits per heavy atom. The molecule has 4 heteroatoms. The molecule has 0 radical (unpaired) electrons. The van der Waals surface area contributed by atoms with Gasteiger partial charge in [0.05, 0.1) is 11.7 Å². The summed E-state index contributed by atoms with van der Waals surface area (Å²) in [5.41, 5.74) is 9.06. The number of aromatic nitrogens is 2. The normalized spacial score (nSPS) is 21.1. The zero-order valence-electron chi connectivity index (χ0n) is 11.5. The number of hydrogen-bond acceptors (Lipinski definition) is 3. The fraction of sp³-hybridized carbons (Fsp3) is 0.533. The molecule has 0 saturated carbocycles. The minimum absolute atomic E-state index is 0.486. The van der Waals surface area contributed by atoms with Crippen LogP contribution < -0.4 is 5.73 Å². The number of nitrogens with zero attached hydrogens (tertiary/aromatic N) is 3. The zero-order chi connectivity index (χ0) is 13.2. The maximum atomic E-state index is 5.69. The second kappa shape index (κ2) is 5.31. The summed E-state index contributed by atoms with van der Waals surface area (Å²) in [4.78, 5) is 7.33. The number of fused-ring (bicyclic) bond motifs is 1. The first-order chi connectivity index (χ1) is 9.31. The lowest BCUT2D eigenvalue weighted by Gasteiger charge is -2.33. The first-order valence-electron chi connectivity index (χ1n) is 7.23. The van der Waals surface area contributed by atoms with Crippen molar-refractivity contribution >= 4 is 5.65 Å². The van der Waals surface area contributed by atoms with Crippen LogP contribution in [0.15, 0.2) is 24.5 Å². The number of rotatable bonds is 3. The van der Waals surface area contributed by atoms with Gasteiger partial charge >= 0.3 is 0 Å². The third-order valence-electron chi connectivity index (χ3n) is 4.13. The minimum atomic E-state index is 0.486. The van der Waals surface area contributed by atoms with E-state index in [0.717, 1.165) is 17.8 Å². The molecule has 0 aromatic carbocycles. The van der Waals surface area contributed by atoms with Crippen molar-refractivity contribution < 1.29 is 0 Å². The fourth-order valence-corrected chi connectivity index (χ4v) is 3.04. The third-order valence-corrected chi connectivity index (χ3v) is 4.13. The van der Waals surface area contributed by atoms with Crippen LogP contribution in [0, 0.1) is 0 Å². The molecule has 0 amide bonds. The summed E-state index contributed by atoms with van der Waals surface area (Å²) in [6.07, 6.45) is 8.11.